The van der Waals surface area contributed by atoms with Gasteiger partial charge in [-0.15, -0.1) is 0 Å². The minimum atomic E-state index is 0.401. The van der Waals surface area contributed by atoms with Crippen molar-refractivity contribution in [3.8, 4) is 0 Å². The molecule has 0 amide bonds. The fraction of sp³-hybridized carbons (Fsp3) is 0.500. The van der Waals surface area contributed by atoms with Crippen LogP contribution in [0, 0.1) is 0 Å². The zero-order valence-electron chi connectivity index (χ0n) is 6.95. The van der Waals surface area contributed by atoms with Crippen LogP contribution in [0.4, 0.5) is 0 Å². The Labute approximate surface area is 71.6 Å². The van der Waals surface area contributed by atoms with E-state index in [9.17, 15) is 4.79 Å². The van der Waals surface area contributed by atoms with E-state index in [0.29, 0.717) is 11.7 Å². The highest BCUT2D eigenvalue weighted by molar-refractivity contribution is 5.79. The minimum absolute atomic E-state index is 0.401. The van der Waals surface area contributed by atoms with Crippen molar-refractivity contribution < 1.29 is 9.21 Å². The highest BCUT2D eigenvalue weighted by Crippen LogP contribution is 2.30. The molecule has 1 aliphatic carbocycles. The van der Waals surface area contributed by atoms with Gasteiger partial charge in [0.1, 0.15) is 11.5 Å². The first-order valence-corrected chi connectivity index (χ1v) is 4.41. The molecule has 2 heteroatoms. The summed E-state index contributed by atoms with van der Waals surface area (Å²) in [7, 11) is 0. The van der Waals surface area contributed by atoms with Crippen molar-refractivity contribution in [3.05, 3.63) is 24.2 Å². The van der Waals surface area contributed by atoms with E-state index in [1.54, 1.807) is 6.26 Å². The normalized spacial score (nSPS) is 19.8. The lowest BCUT2D eigenvalue weighted by Gasteiger charge is -2.18. The maximum atomic E-state index is 10.9. The lowest BCUT2D eigenvalue weighted by Crippen LogP contribution is -2.11. The number of carbonyl (C=O) groups is 1. The molecule has 1 saturated carbocycles. The van der Waals surface area contributed by atoms with Crippen LogP contribution in [0.3, 0.4) is 0 Å². The van der Waals surface area contributed by atoms with Gasteiger partial charge in [-0.25, -0.2) is 0 Å². The van der Waals surface area contributed by atoms with E-state index in [1.807, 2.05) is 12.1 Å². The largest absolute Gasteiger partial charge is 0.469 e. The van der Waals surface area contributed by atoms with Crippen molar-refractivity contribution >= 4 is 5.78 Å². The van der Waals surface area contributed by atoms with Crippen molar-refractivity contribution in [1.82, 2.24) is 0 Å². The molecule has 2 rings (SSSR count). The van der Waals surface area contributed by atoms with Gasteiger partial charge in [0.05, 0.1) is 6.26 Å². The van der Waals surface area contributed by atoms with Crippen LogP contribution in [0.1, 0.15) is 37.4 Å². The molecule has 12 heavy (non-hydrogen) atoms. The first kappa shape index (κ1) is 7.59. The molecule has 1 heterocycles. The van der Waals surface area contributed by atoms with E-state index in [-0.39, 0.29) is 0 Å². The smallest absolute Gasteiger partial charge is 0.132 e. The summed E-state index contributed by atoms with van der Waals surface area (Å²) in [5.41, 5.74) is 0. The van der Waals surface area contributed by atoms with Crippen LogP contribution in [0.15, 0.2) is 22.8 Å². The molecule has 0 spiro atoms. The van der Waals surface area contributed by atoms with E-state index in [4.69, 9.17) is 4.42 Å². The molecule has 0 atom stereocenters. The molecule has 1 aromatic heterocycles. The van der Waals surface area contributed by atoms with Crippen molar-refractivity contribution in [1.29, 1.82) is 0 Å². The molecular formula is C10H12O2. The fourth-order valence-corrected chi connectivity index (χ4v) is 1.75. The predicted octanol–water partition coefficient (Wildman–Crippen LogP) is 2.51. The lowest BCUT2D eigenvalue weighted by molar-refractivity contribution is -0.120. The molecule has 0 radical (unpaired) electrons. The molecule has 0 aliphatic heterocycles. The van der Waals surface area contributed by atoms with Crippen LogP contribution in [-0.4, -0.2) is 5.78 Å². The van der Waals surface area contributed by atoms with Crippen LogP contribution in [-0.2, 0) is 4.79 Å². The molecule has 1 fully saturated rings. The number of furan rings is 1. The molecular weight excluding hydrogens is 152 g/mol. The lowest BCUT2D eigenvalue weighted by atomic mass is 9.87. The van der Waals surface area contributed by atoms with Gasteiger partial charge in [-0.2, -0.15) is 0 Å². The van der Waals surface area contributed by atoms with Crippen LogP contribution < -0.4 is 0 Å². The van der Waals surface area contributed by atoms with Gasteiger partial charge in [0.15, 0.2) is 0 Å². The van der Waals surface area contributed by atoms with Gasteiger partial charge in [-0.3, -0.25) is 4.79 Å². The van der Waals surface area contributed by atoms with Crippen molar-refractivity contribution in [2.24, 2.45) is 0 Å². The van der Waals surface area contributed by atoms with Crippen molar-refractivity contribution in [2.45, 2.75) is 31.6 Å². The number of rotatable bonds is 1. The summed E-state index contributed by atoms with van der Waals surface area (Å²) in [6.07, 6.45) is 5.08. The van der Waals surface area contributed by atoms with Gasteiger partial charge < -0.3 is 4.42 Å². The van der Waals surface area contributed by atoms with Gasteiger partial charge in [-0.05, 0) is 25.0 Å². The van der Waals surface area contributed by atoms with E-state index in [0.717, 1.165) is 31.4 Å². The first-order valence-electron chi connectivity index (χ1n) is 4.41. The quantitative estimate of drug-likeness (QED) is 0.638. The maximum Gasteiger partial charge on any atom is 0.132 e. The van der Waals surface area contributed by atoms with Crippen LogP contribution in [0.2, 0.25) is 0 Å². The Kier molecular flexibility index (Phi) is 1.98. The highest BCUT2D eigenvalue weighted by Gasteiger charge is 2.21. The van der Waals surface area contributed by atoms with Crippen LogP contribution >= 0.6 is 0 Å². The Morgan fingerprint density at radius 3 is 2.67 bits per heavy atom. The Bertz CT molecular complexity index is 251. The van der Waals surface area contributed by atoms with E-state index < -0.39 is 0 Å². The van der Waals surface area contributed by atoms with Gasteiger partial charge in [0, 0.05) is 18.8 Å². The molecule has 64 valence electrons. The van der Waals surface area contributed by atoms with Gasteiger partial charge in [-0.1, -0.05) is 0 Å². The van der Waals surface area contributed by atoms with E-state index in [2.05, 4.69) is 0 Å². The molecule has 0 N–H and O–H groups in total. The zero-order valence-corrected chi connectivity index (χ0v) is 6.95. The summed E-state index contributed by atoms with van der Waals surface area (Å²) >= 11 is 0. The maximum absolute atomic E-state index is 10.9. The summed E-state index contributed by atoms with van der Waals surface area (Å²) in [4.78, 5) is 10.9. The average Bonchev–Trinajstić information content (AvgIpc) is 2.58. The van der Waals surface area contributed by atoms with Crippen LogP contribution in [0.5, 0.6) is 0 Å². The second kappa shape index (κ2) is 3.13. The molecule has 0 saturated heterocycles. The third kappa shape index (κ3) is 1.42. The molecule has 2 nitrogen and oxygen atoms in total. The predicted molar refractivity (Wildman–Crippen MR) is 44.9 cm³/mol. The van der Waals surface area contributed by atoms with Gasteiger partial charge in [0.25, 0.3) is 0 Å². The van der Waals surface area contributed by atoms with E-state index in [1.165, 1.54) is 0 Å². The molecule has 1 aliphatic rings. The molecule has 0 bridgehead atoms. The Hall–Kier alpha value is -1.05. The standard InChI is InChI=1S/C10H12O2/c11-9-5-3-8(4-6-9)10-2-1-7-12-10/h1-2,7-8H,3-6H2. The average molecular weight is 164 g/mol. The van der Waals surface area contributed by atoms with Crippen molar-refractivity contribution in [2.75, 3.05) is 0 Å². The van der Waals surface area contributed by atoms with E-state index >= 15 is 0 Å². The second-order valence-corrected chi connectivity index (χ2v) is 3.33. The zero-order chi connectivity index (χ0) is 8.39. The Balaban J connectivity index is 2.03. The monoisotopic (exact) mass is 164 g/mol. The summed E-state index contributed by atoms with van der Waals surface area (Å²) in [6, 6.07) is 3.91. The third-order valence-corrected chi connectivity index (χ3v) is 2.49. The second-order valence-electron chi connectivity index (χ2n) is 3.33. The Morgan fingerprint density at radius 1 is 1.33 bits per heavy atom. The Morgan fingerprint density at radius 2 is 2.08 bits per heavy atom. The highest BCUT2D eigenvalue weighted by atomic mass is 16.3. The first-order chi connectivity index (χ1) is 5.86. The summed E-state index contributed by atoms with van der Waals surface area (Å²) in [5, 5.41) is 0. The third-order valence-electron chi connectivity index (χ3n) is 2.49. The number of ketones is 1. The SMILES string of the molecule is O=C1CCC(c2ccco2)CC1. The summed E-state index contributed by atoms with van der Waals surface area (Å²) < 4.78 is 5.30. The summed E-state index contributed by atoms with van der Waals surface area (Å²) in [6.45, 7) is 0. The van der Waals surface area contributed by atoms with Crippen molar-refractivity contribution in [3.63, 3.8) is 0 Å². The van der Waals surface area contributed by atoms with Gasteiger partial charge in [0.2, 0.25) is 0 Å². The number of carbonyl (C=O) groups excluding carboxylic acids is 1. The number of hydrogen-bond donors (Lipinski definition) is 0. The topological polar surface area (TPSA) is 30.2 Å². The number of Topliss-reactive ketones (excluding diaryl/α,β-unsaturated/α-hetero) is 1. The number of hydrogen-bond acceptors (Lipinski definition) is 2. The van der Waals surface area contributed by atoms with Gasteiger partial charge >= 0.3 is 0 Å². The van der Waals surface area contributed by atoms with Crippen LogP contribution in [0.25, 0.3) is 0 Å². The summed E-state index contributed by atoms with van der Waals surface area (Å²) in [5.74, 6) is 1.93. The molecule has 0 unspecified atom stereocenters. The fourth-order valence-electron chi connectivity index (χ4n) is 1.75. The molecule has 1 aromatic rings. The minimum Gasteiger partial charge on any atom is -0.469 e. The molecule has 0 aromatic carbocycles.